The summed E-state index contributed by atoms with van der Waals surface area (Å²) in [6.07, 6.45) is 1.40. The quantitative estimate of drug-likeness (QED) is 0.251. The number of hydrogen-bond donors (Lipinski definition) is 5. The molecule has 0 aromatic heterocycles. The molecule has 1 amide bonds. The van der Waals surface area contributed by atoms with Gasteiger partial charge < -0.3 is 26.2 Å². The van der Waals surface area contributed by atoms with Crippen LogP contribution in [-0.4, -0.2) is 41.1 Å². The van der Waals surface area contributed by atoms with Gasteiger partial charge in [-0.05, 0) is 73.3 Å². The highest BCUT2D eigenvalue weighted by atomic mass is 35.5. The highest BCUT2D eigenvalue weighted by Crippen LogP contribution is 2.31. The van der Waals surface area contributed by atoms with E-state index in [1.807, 2.05) is 67.6 Å². The van der Waals surface area contributed by atoms with Gasteiger partial charge in [0.25, 0.3) is 5.91 Å². The fourth-order valence-corrected chi connectivity index (χ4v) is 4.46. The third-order valence-corrected chi connectivity index (χ3v) is 6.68. The second-order valence-electron chi connectivity index (χ2n) is 9.25. The highest BCUT2D eigenvalue weighted by molar-refractivity contribution is 6.33. The Morgan fingerprint density at radius 3 is 2.18 bits per heavy atom. The minimum Gasteiger partial charge on any atom is -0.481 e. The number of benzene rings is 3. The zero-order chi connectivity index (χ0) is 28.2. The maximum absolute atomic E-state index is 12.6. The molecule has 4 rings (SSSR count). The first kappa shape index (κ1) is 29.7. The summed E-state index contributed by atoms with van der Waals surface area (Å²) in [5, 5.41) is 26.6. The normalized spacial score (nSPS) is 13.1. The van der Waals surface area contributed by atoms with Crippen molar-refractivity contribution in [1.29, 1.82) is 0 Å². The molecule has 1 atom stereocenters. The number of carbonyl (C=O) groups excluding carboxylic acids is 1. The van der Waals surface area contributed by atoms with Crippen LogP contribution in [-0.2, 0) is 29.0 Å². The molecule has 0 unspecified atom stereocenters. The number of carbonyl (C=O) groups is 3. The standard InChI is InChI=1S/C26H28ClN3O.C4H6O4/c1-18(20-5-3-2-4-6-20)30-26(31)22-9-7-19(8-10-22)17-29-25-23-14-16-28-15-13-21(23)11-12-24(25)27;5-3(6)1-2-4(7)8/h2-12,18,28-29H,13-17H2,1H3,(H,30,31);1-2H2,(H,5,6)(H,7,8)/t18-;/m1./s1. The van der Waals surface area contributed by atoms with Crippen molar-refractivity contribution >= 4 is 35.1 Å². The Hall–Kier alpha value is -3.88. The van der Waals surface area contributed by atoms with Gasteiger partial charge in [-0.2, -0.15) is 0 Å². The fraction of sp³-hybridized carbons (Fsp3) is 0.300. The maximum atomic E-state index is 12.6. The molecular weight excluding hydrogens is 518 g/mol. The van der Waals surface area contributed by atoms with E-state index >= 15 is 0 Å². The van der Waals surface area contributed by atoms with Gasteiger partial charge in [-0.3, -0.25) is 14.4 Å². The molecule has 1 aliphatic heterocycles. The summed E-state index contributed by atoms with van der Waals surface area (Å²) in [6, 6.07) is 21.8. The minimum atomic E-state index is -1.08. The SMILES string of the molecule is C[C@@H](NC(=O)c1ccc(CNc2c(Cl)ccc3c2CCNCC3)cc1)c1ccccc1.O=C(O)CCC(=O)O. The lowest BCUT2D eigenvalue weighted by atomic mass is 10.0. The lowest BCUT2D eigenvalue weighted by Crippen LogP contribution is -2.26. The van der Waals surface area contributed by atoms with E-state index in [0.29, 0.717) is 12.1 Å². The van der Waals surface area contributed by atoms with Crippen LogP contribution in [0.3, 0.4) is 0 Å². The van der Waals surface area contributed by atoms with E-state index in [1.165, 1.54) is 11.1 Å². The van der Waals surface area contributed by atoms with Gasteiger partial charge in [-0.25, -0.2) is 0 Å². The Morgan fingerprint density at radius 2 is 1.54 bits per heavy atom. The maximum Gasteiger partial charge on any atom is 0.303 e. The third-order valence-electron chi connectivity index (χ3n) is 6.37. The summed E-state index contributed by atoms with van der Waals surface area (Å²) in [6.45, 7) is 4.62. The molecule has 0 aliphatic carbocycles. The monoisotopic (exact) mass is 551 g/mol. The smallest absolute Gasteiger partial charge is 0.303 e. The largest absolute Gasteiger partial charge is 0.481 e. The van der Waals surface area contributed by atoms with Crippen LogP contribution in [0.2, 0.25) is 5.02 Å². The second kappa shape index (κ2) is 14.9. The number of fused-ring (bicyclic) bond motifs is 1. The molecule has 0 bridgehead atoms. The van der Waals surface area contributed by atoms with E-state index in [4.69, 9.17) is 21.8 Å². The van der Waals surface area contributed by atoms with Crippen LogP contribution in [0, 0.1) is 0 Å². The first-order chi connectivity index (χ1) is 18.7. The van der Waals surface area contributed by atoms with Crippen molar-refractivity contribution in [2.45, 2.75) is 45.2 Å². The molecule has 39 heavy (non-hydrogen) atoms. The minimum absolute atomic E-state index is 0.0417. The van der Waals surface area contributed by atoms with Gasteiger partial charge in [0.05, 0.1) is 29.6 Å². The average molecular weight is 552 g/mol. The van der Waals surface area contributed by atoms with Crippen LogP contribution in [0.1, 0.15) is 58.4 Å². The number of carboxylic acid groups (broad SMARTS) is 2. The van der Waals surface area contributed by atoms with Gasteiger partial charge >= 0.3 is 11.9 Å². The molecule has 0 radical (unpaired) electrons. The Balaban J connectivity index is 0.000000459. The Morgan fingerprint density at radius 1 is 0.897 bits per heavy atom. The lowest BCUT2D eigenvalue weighted by molar-refractivity contribution is -0.143. The predicted octanol–water partition coefficient (Wildman–Crippen LogP) is 5.07. The van der Waals surface area contributed by atoms with E-state index in [9.17, 15) is 14.4 Å². The topological polar surface area (TPSA) is 128 Å². The van der Waals surface area contributed by atoms with Gasteiger partial charge in [0, 0.05) is 12.1 Å². The van der Waals surface area contributed by atoms with Gasteiger partial charge in [0.1, 0.15) is 0 Å². The molecule has 0 spiro atoms. The van der Waals surface area contributed by atoms with Crippen LogP contribution in [0.15, 0.2) is 66.7 Å². The molecule has 3 aromatic carbocycles. The van der Waals surface area contributed by atoms with Crippen molar-refractivity contribution in [3.05, 3.63) is 99.6 Å². The first-order valence-electron chi connectivity index (χ1n) is 12.9. The molecule has 206 valence electrons. The molecular formula is C30H34ClN3O5. The zero-order valence-electron chi connectivity index (χ0n) is 21.9. The summed E-state index contributed by atoms with van der Waals surface area (Å²) in [7, 11) is 0. The highest BCUT2D eigenvalue weighted by Gasteiger charge is 2.15. The van der Waals surface area contributed by atoms with Crippen LogP contribution in [0.4, 0.5) is 5.69 Å². The molecule has 3 aromatic rings. The van der Waals surface area contributed by atoms with E-state index < -0.39 is 11.9 Å². The number of amides is 1. The Bertz CT molecular complexity index is 1250. The van der Waals surface area contributed by atoms with Crippen LogP contribution >= 0.6 is 11.6 Å². The van der Waals surface area contributed by atoms with Crippen LogP contribution in [0.25, 0.3) is 0 Å². The second-order valence-corrected chi connectivity index (χ2v) is 9.66. The van der Waals surface area contributed by atoms with Crippen molar-refractivity contribution in [2.24, 2.45) is 0 Å². The molecule has 0 saturated heterocycles. The average Bonchev–Trinajstić information content (AvgIpc) is 3.18. The number of hydrogen-bond acceptors (Lipinski definition) is 5. The van der Waals surface area contributed by atoms with E-state index in [1.54, 1.807) is 0 Å². The van der Waals surface area contributed by atoms with E-state index in [2.05, 4.69) is 22.0 Å². The van der Waals surface area contributed by atoms with Crippen molar-refractivity contribution in [3.63, 3.8) is 0 Å². The molecule has 1 aliphatic rings. The first-order valence-corrected chi connectivity index (χ1v) is 13.3. The number of aliphatic carboxylic acids is 2. The van der Waals surface area contributed by atoms with Crippen LogP contribution in [0.5, 0.6) is 0 Å². The van der Waals surface area contributed by atoms with Crippen molar-refractivity contribution in [1.82, 2.24) is 10.6 Å². The van der Waals surface area contributed by atoms with Crippen molar-refractivity contribution < 1.29 is 24.6 Å². The number of halogens is 1. The summed E-state index contributed by atoms with van der Waals surface area (Å²) >= 11 is 6.51. The molecule has 9 heteroatoms. The summed E-state index contributed by atoms with van der Waals surface area (Å²) in [4.78, 5) is 31.9. The van der Waals surface area contributed by atoms with E-state index in [-0.39, 0.29) is 24.8 Å². The summed E-state index contributed by atoms with van der Waals surface area (Å²) in [5.41, 5.74) is 6.55. The number of rotatable bonds is 9. The number of carboxylic acids is 2. The van der Waals surface area contributed by atoms with Gasteiger partial charge in [-0.15, -0.1) is 0 Å². The zero-order valence-corrected chi connectivity index (χ0v) is 22.6. The lowest BCUT2D eigenvalue weighted by Gasteiger charge is -2.17. The fourth-order valence-electron chi connectivity index (χ4n) is 4.22. The third kappa shape index (κ3) is 9.42. The molecule has 1 heterocycles. The molecule has 0 fully saturated rings. The van der Waals surface area contributed by atoms with Gasteiger partial charge in [0.2, 0.25) is 0 Å². The number of nitrogens with one attached hydrogen (secondary N) is 3. The van der Waals surface area contributed by atoms with Crippen LogP contribution < -0.4 is 16.0 Å². The van der Waals surface area contributed by atoms with E-state index in [0.717, 1.165) is 47.8 Å². The van der Waals surface area contributed by atoms with Gasteiger partial charge in [0.15, 0.2) is 0 Å². The predicted molar refractivity (Wildman–Crippen MR) is 152 cm³/mol. The molecule has 0 saturated carbocycles. The summed E-state index contributed by atoms with van der Waals surface area (Å²) in [5.74, 6) is -2.22. The van der Waals surface area contributed by atoms with Crippen molar-refractivity contribution in [2.75, 3.05) is 18.4 Å². The Kier molecular flexibility index (Phi) is 11.3. The molecule has 8 nitrogen and oxygen atoms in total. The summed E-state index contributed by atoms with van der Waals surface area (Å²) < 4.78 is 0. The molecule has 5 N–H and O–H groups in total. The van der Waals surface area contributed by atoms with Gasteiger partial charge in [-0.1, -0.05) is 60.1 Å². The number of anilines is 1. The van der Waals surface area contributed by atoms with Crippen molar-refractivity contribution in [3.8, 4) is 0 Å². The Labute approximate surface area is 233 Å².